The third kappa shape index (κ3) is 2.17. The first-order valence-electron chi connectivity index (χ1n) is 5.36. The molecule has 2 rings (SSSR count). The maximum absolute atomic E-state index is 12.7. The van der Waals surface area contributed by atoms with Gasteiger partial charge in [-0.1, -0.05) is 12.1 Å². The summed E-state index contributed by atoms with van der Waals surface area (Å²) in [5, 5.41) is 12.7. The van der Waals surface area contributed by atoms with Crippen molar-refractivity contribution in [2.75, 3.05) is 0 Å². The van der Waals surface area contributed by atoms with Crippen molar-refractivity contribution in [3.63, 3.8) is 0 Å². The summed E-state index contributed by atoms with van der Waals surface area (Å²) in [5.41, 5.74) is -3.46. The molecule has 6 nitrogen and oxygen atoms in total. The molecule has 0 unspecified atom stereocenters. The minimum Gasteiger partial charge on any atom is -0.286 e. The van der Waals surface area contributed by atoms with Gasteiger partial charge in [-0.3, -0.25) is 20.0 Å². The Hall–Kier alpha value is -2.58. The smallest absolute Gasteiger partial charge is 0.286 e. The lowest BCUT2D eigenvalue weighted by Gasteiger charge is -2.05. The average Bonchev–Trinajstić information content (AvgIpc) is 2.66. The highest BCUT2D eigenvalue weighted by Gasteiger charge is 2.37. The number of alkyl halides is 3. The summed E-state index contributed by atoms with van der Waals surface area (Å²) in [4.78, 5) is 21.9. The third-order valence-corrected chi connectivity index (χ3v) is 2.73. The van der Waals surface area contributed by atoms with Crippen molar-refractivity contribution in [1.82, 2.24) is 9.78 Å². The van der Waals surface area contributed by atoms with E-state index in [9.17, 15) is 28.1 Å². The molecule has 0 fully saturated rings. The molecular weight excluding hydrogens is 279 g/mol. The fourth-order valence-electron chi connectivity index (χ4n) is 1.77. The average molecular weight is 287 g/mol. The quantitative estimate of drug-likeness (QED) is 0.680. The second-order valence-corrected chi connectivity index (χ2v) is 4.00. The largest absolute Gasteiger partial charge is 0.433 e. The van der Waals surface area contributed by atoms with Crippen LogP contribution in [-0.2, 0) is 6.18 Å². The molecule has 0 aliphatic heterocycles. The van der Waals surface area contributed by atoms with E-state index in [1.807, 2.05) is 5.10 Å². The van der Waals surface area contributed by atoms with Gasteiger partial charge in [-0.25, -0.2) is 4.68 Å². The van der Waals surface area contributed by atoms with Gasteiger partial charge in [0.05, 0.1) is 4.92 Å². The van der Waals surface area contributed by atoms with E-state index in [1.165, 1.54) is 18.2 Å². The molecule has 9 heteroatoms. The minimum atomic E-state index is -4.74. The molecule has 0 atom stereocenters. The number of benzene rings is 1. The van der Waals surface area contributed by atoms with Gasteiger partial charge in [0.15, 0.2) is 0 Å². The van der Waals surface area contributed by atoms with Crippen molar-refractivity contribution < 1.29 is 18.1 Å². The first-order chi connectivity index (χ1) is 9.23. The maximum atomic E-state index is 12.7. The predicted molar refractivity (Wildman–Crippen MR) is 62.8 cm³/mol. The lowest BCUT2D eigenvalue weighted by atomic mass is 10.2. The van der Waals surface area contributed by atoms with Crippen molar-refractivity contribution >= 4 is 5.69 Å². The van der Waals surface area contributed by atoms with Crippen molar-refractivity contribution in [2.24, 2.45) is 0 Å². The van der Waals surface area contributed by atoms with Gasteiger partial charge in [0, 0.05) is 11.6 Å². The van der Waals surface area contributed by atoms with Gasteiger partial charge in [-0.15, -0.1) is 0 Å². The molecular formula is C11H8F3N3O3. The van der Waals surface area contributed by atoms with Gasteiger partial charge in [0.2, 0.25) is 0 Å². The Bertz CT molecular complexity index is 730. The van der Waals surface area contributed by atoms with Gasteiger partial charge < -0.3 is 0 Å². The molecule has 0 saturated carbocycles. The molecule has 0 radical (unpaired) electrons. The van der Waals surface area contributed by atoms with Crippen LogP contribution in [0.1, 0.15) is 11.3 Å². The van der Waals surface area contributed by atoms with Gasteiger partial charge in [0.25, 0.3) is 11.2 Å². The second kappa shape index (κ2) is 4.51. The SMILES string of the molecule is Cc1c(C(F)(F)F)[nH]n(-c2ccccc2[N+](=O)[O-])c1=O. The number of H-pyrrole nitrogens is 1. The zero-order valence-electron chi connectivity index (χ0n) is 10.1. The van der Waals surface area contributed by atoms with Crippen LogP contribution in [0.25, 0.3) is 5.69 Å². The molecule has 106 valence electrons. The van der Waals surface area contributed by atoms with Crippen molar-refractivity contribution in [3.05, 3.63) is 56.0 Å². The molecule has 0 spiro atoms. The zero-order valence-corrected chi connectivity index (χ0v) is 10.1. The number of aromatic amines is 1. The highest BCUT2D eigenvalue weighted by atomic mass is 19.4. The van der Waals surface area contributed by atoms with Crippen LogP contribution in [0.4, 0.5) is 18.9 Å². The van der Waals surface area contributed by atoms with Crippen molar-refractivity contribution in [1.29, 1.82) is 0 Å². The number of nitrogens with zero attached hydrogens (tertiary/aromatic N) is 2. The molecule has 1 N–H and O–H groups in total. The number of nitrogens with one attached hydrogen (secondary N) is 1. The summed E-state index contributed by atoms with van der Waals surface area (Å²) in [6.07, 6.45) is -4.74. The summed E-state index contributed by atoms with van der Waals surface area (Å²) >= 11 is 0. The molecule has 0 aliphatic rings. The molecule has 20 heavy (non-hydrogen) atoms. The first kappa shape index (κ1) is 13.8. The number of para-hydroxylation sites is 2. The van der Waals surface area contributed by atoms with Crippen LogP contribution < -0.4 is 5.56 Å². The van der Waals surface area contributed by atoms with E-state index in [4.69, 9.17) is 0 Å². The summed E-state index contributed by atoms with van der Waals surface area (Å²) in [6.45, 7) is 1.01. The van der Waals surface area contributed by atoms with E-state index >= 15 is 0 Å². The zero-order chi connectivity index (χ0) is 15.1. The minimum absolute atomic E-state index is 0.249. The number of aromatic nitrogens is 2. The molecule has 1 aromatic carbocycles. The molecule has 0 saturated heterocycles. The monoisotopic (exact) mass is 287 g/mol. The van der Waals surface area contributed by atoms with Crippen molar-refractivity contribution in [3.8, 4) is 5.69 Å². The van der Waals surface area contributed by atoms with Crippen LogP contribution in [0, 0.1) is 17.0 Å². The van der Waals surface area contributed by atoms with Crippen LogP contribution in [0.15, 0.2) is 29.1 Å². The Morgan fingerprint density at radius 2 is 1.90 bits per heavy atom. The van der Waals surface area contributed by atoms with Crippen LogP contribution in [0.2, 0.25) is 0 Å². The van der Waals surface area contributed by atoms with Gasteiger partial charge in [0.1, 0.15) is 11.4 Å². The summed E-state index contributed by atoms with van der Waals surface area (Å²) < 4.78 is 38.6. The van der Waals surface area contributed by atoms with E-state index in [0.29, 0.717) is 4.68 Å². The lowest BCUT2D eigenvalue weighted by molar-refractivity contribution is -0.384. The van der Waals surface area contributed by atoms with E-state index in [1.54, 1.807) is 0 Å². The van der Waals surface area contributed by atoms with E-state index < -0.39 is 33.6 Å². The van der Waals surface area contributed by atoms with Gasteiger partial charge in [-0.2, -0.15) is 13.2 Å². The standard InChI is InChI=1S/C11H8F3N3O3/c1-6-9(11(12,13)14)15-16(10(6)18)7-4-2-3-5-8(7)17(19)20/h2-5,15H,1H3. The molecule has 1 heterocycles. The molecule has 1 aromatic heterocycles. The van der Waals surface area contributed by atoms with Gasteiger partial charge >= 0.3 is 6.18 Å². The number of hydrogen-bond acceptors (Lipinski definition) is 3. The topological polar surface area (TPSA) is 80.9 Å². The van der Waals surface area contributed by atoms with Crippen LogP contribution in [-0.4, -0.2) is 14.7 Å². The molecule has 0 aliphatic carbocycles. The third-order valence-electron chi connectivity index (χ3n) is 2.73. The maximum Gasteiger partial charge on any atom is 0.433 e. The number of halogens is 3. The summed E-state index contributed by atoms with van der Waals surface area (Å²) in [6, 6.07) is 5.03. The van der Waals surface area contributed by atoms with E-state index in [0.717, 1.165) is 13.0 Å². The molecule has 0 bridgehead atoms. The number of nitro groups is 1. The van der Waals surface area contributed by atoms with E-state index in [2.05, 4.69) is 0 Å². The van der Waals surface area contributed by atoms with Crippen LogP contribution in [0.5, 0.6) is 0 Å². The van der Waals surface area contributed by atoms with E-state index in [-0.39, 0.29) is 5.69 Å². The summed E-state index contributed by atoms with van der Waals surface area (Å²) in [5.74, 6) is 0. The predicted octanol–water partition coefficient (Wildman–Crippen LogP) is 2.40. The Morgan fingerprint density at radius 1 is 1.30 bits per heavy atom. The first-order valence-corrected chi connectivity index (χ1v) is 5.36. The fraction of sp³-hybridized carbons (Fsp3) is 0.182. The highest BCUT2D eigenvalue weighted by Crippen LogP contribution is 2.30. The second-order valence-electron chi connectivity index (χ2n) is 4.00. The molecule has 0 amide bonds. The van der Waals surface area contributed by atoms with Crippen LogP contribution >= 0.6 is 0 Å². The fourth-order valence-corrected chi connectivity index (χ4v) is 1.77. The van der Waals surface area contributed by atoms with Crippen molar-refractivity contribution in [2.45, 2.75) is 13.1 Å². The number of hydrogen-bond donors (Lipinski definition) is 1. The Morgan fingerprint density at radius 3 is 2.40 bits per heavy atom. The summed E-state index contributed by atoms with van der Waals surface area (Å²) in [7, 11) is 0. The Balaban J connectivity index is 2.73. The van der Waals surface area contributed by atoms with Gasteiger partial charge in [-0.05, 0) is 13.0 Å². The normalized spacial score (nSPS) is 11.6. The highest BCUT2D eigenvalue weighted by molar-refractivity contribution is 5.52. The molecule has 2 aromatic rings. The number of nitro benzene ring substituents is 1. The number of rotatable bonds is 2. The Kier molecular flexibility index (Phi) is 3.12. The lowest BCUT2D eigenvalue weighted by Crippen LogP contribution is -2.17. The Labute approximate surface area is 109 Å². The van der Waals surface area contributed by atoms with Crippen LogP contribution in [0.3, 0.4) is 0 Å².